The Bertz CT molecular complexity index is 853. The van der Waals surface area contributed by atoms with Crippen molar-refractivity contribution in [2.24, 2.45) is 0 Å². The molecule has 140 valence electrons. The second kappa shape index (κ2) is 7.82. The first-order valence-electron chi connectivity index (χ1n) is 8.99. The summed E-state index contributed by atoms with van der Waals surface area (Å²) < 4.78 is 16.9. The van der Waals surface area contributed by atoms with Gasteiger partial charge in [0.15, 0.2) is 5.76 Å². The Balaban J connectivity index is 1.40. The zero-order chi connectivity index (χ0) is 18.6. The zero-order valence-corrected chi connectivity index (χ0v) is 14.9. The van der Waals surface area contributed by atoms with Gasteiger partial charge in [0.05, 0.1) is 18.8 Å². The molecule has 4 rings (SSSR count). The molecule has 0 unspecified atom stereocenters. The number of rotatable bonds is 5. The van der Waals surface area contributed by atoms with Crippen molar-refractivity contribution in [2.75, 3.05) is 39.5 Å². The molecule has 0 aromatic heterocycles. The molecule has 2 heterocycles. The highest BCUT2D eigenvalue weighted by Gasteiger charge is 2.27. The molecule has 6 heteroatoms. The average Bonchev–Trinajstić information content (AvgIpc) is 2.99. The van der Waals surface area contributed by atoms with E-state index in [4.69, 9.17) is 14.2 Å². The molecule has 1 fully saturated rings. The summed E-state index contributed by atoms with van der Waals surface area (Å²) in [7, 11) is 0. The number of benzene rings is 2. The summed E-state index contributed by atoms with van der Waals surface area (Å²) in [5.74, 6) is 1.48. The number of hydrogen-bond donors (Lipinski definition) is 1. The lowest BCUT2D eigenvalue weighted by atomic mass is 10.1. The van der Waals surface area contributed by atoms with Crippen LogP contribution in [0.1, 0.15) is 15.9 Å². The molecular weight excluding hydrogens is 346 g/mol. The van der Waals surface area contributed by atoms with Crippen molar-refractivity contribution in [1.82, 2.24) is 4.90 Å². The van der Waals surface area contributed by atoms with E-state index >= 15 is 0 Å². The van der Waals surface area contributed by atoms with Crippen molar-refractivity contribution in [3.8, 4) is 17.2 Å². The molecule has 6 nitrogen and oxygen atoms in total. The van der Waals surface area contributed by atoms with Crippen LogP contribution in [0.5, 0.6) is 17.2 Å². The van der Waals surface area contributed by atoms with Gasteiger partial charge in [-0.15, -0.1) is 0 Å². The highest BCUT2D eigenvalue weighted by atomic mass is 16.5. The first-order valence-corrected chi connectivity index (χ1v) is 8.99. The van der Waals surface area contributed by atoms with E-state index in [0.29, 0.717) is 23.7 Å². The zero-order valence-electron chi connectivity index (χ0n) is 14.9. The van der Waals surface area contributed by atoms with Gasteiger partial charge in [-0.05, 0) is 35.9 Å². The fourth-order valence-corrected chi connectivity index (χ4v) is 3.10. The Labute approximate surface area is 157 Å². The highest BCUT2D eigenvalue weighted by Crippen LogP contribution is 2.35. The van der Waals surface area contributed by atoms with Crippen LogP contribution in [0.25, 0.3) is 6.08 Å². The Hall–Kier alpha value is -2.83. The topological polar surface area (TPSA) is 68.2 Å². The van der Waals surface area contributed by atoms with Crippen molar-refractivity contribution in [3.63, 3.8) is 0 Å². The van der Waals surface area contributed by atoms with Crippen LogP contribution >= 0.6 is 0 Å². The number of aromatic hydroxyl groups is 1. The number of fused-ring (bicyclic) bond motifs is 1. The third-order valence-electron chi connectivity index (χ3n) is 4.61. The number of nitrogens with zero attached hydrogens (tertiary/aromatic N) is 1. The lowest BCUT2D eigenvalue weighted by Gasteiger charge is -2.26. The molecule has 0 saturated carbocycles. The molecule has 2 aromatic rings. The lowest BCUT2D eigenvalue weighted by Crippen LogP contribution is -2.38. The van der Waals surface area contributed by atoms with Crippen LogP contribution in [0.4, 0.5) is 0 Å². The molecule has 0 radical (unpaired) electrons. The molecule has 0 bridgehead atoms. The quantitative estimate of drug-likeness (QED) is 0.820. The van der Waals surface area contributed by atoms with E-state index in [9.17, 15) is 9.90 Å². The summed E-state index contributed by atoms with van der Waals surface area (Å²) in [4.78, 5) is 14.8. The number of hydrogen-bond acceptors (Lipinski definition) is 6. The molecule has 1 N–H and O–H groups in total. The lowest BCUT2D eigenvalue weighted by molar-refractivity contribution is 0.0322. The third-order valence-corrected chi connectivity index (χ3v) is 4.61. The van der Waals surface area contributed by atoms with Crippen LogP contribution in [0, 0.1) is 0 Å². The number of allylic oxidation sites excluding steroid dienone is 1. The monoisotopic (exact) mass is 367 g/mol. The Morgan fingerprint density at radius 1 is 1.11 bits per heavy atom. The minimum Gasteiger partial charge on any atom is -0.508 e. The first kappa shape index (κ1) is 17.6. The maximum atomic E-state index is 12.5. The molecule has 2 aliphatic rings. The van der Waals surface area contributed by atoms with Gasteiger partial charge in [0.1, 0.15) is 23.9 Å². The van der Waals surface area contributed by atoms with Crippen molar-refractivity contribution in [3.05, 3.63) is 59.4 Å². The van der Waals surface area contributed by atoms with Gasteiger partial charge in [-0.25, -0.2) is 0 Å². The predicted molar refractivity (Wildman–Crippen MR) is 100 cm³/mol. The number of carbonyl (C=O) groups excluding carboxylic acids is 1. The second-order valence-electron chi connectivity index (χ2n) is 6.49. The van der Waals surface area contributed by atoms with Gasteiger partial charge >= 0.3 is 0 Å². The standard InChI is InChI=1S/C21H21NO5/c23-16-3-1-15(2-4-16)13-20-21(24)18-6-5-17(14-19(18)27-20)26-12-9-22-7-10-25-11-8-22/h1-6,13-14,23H,7-12H2/b20-13-. The van der Waals surface area contributed by atoms with Crippen LogP contribution in [0.3, 0.4) is 0 Å². The summed E-state index contributed by atoms with van der Waals surface area (Å²) >= 11 is 0. The molecule has 2 aliphatic heterocycles. The van der Waals surface area contributed by atoms with Gasteiger partial charge in [-0.3, -0.25) is 9.69 Å². The number of ether oxygens (including phenoxy) is 3. The van der Waals surface area contributed by atoms with Gasteiger partial charge in [0.2, 0.25) is 5.78 Å². The van der Waals surface area contributed by atoms with Crippen LogP contribution in [-0.4, -0.2) is 55.2 Å². The minimum absolute atomic E-state index is 0.155. The Kier molecular flexibility index (Phi) is 5.09. The summed E-state index contributed by atoms with van der Waals surface area (Å²) in [6, 6.07) is 11.9. The fourth-order valence-electron chi connectivity index (χ4n) is 3.10. The first-order chi connectivity index (χ1) is 13.2. The van der Waals surface area contributed by atoms with E-state index in [0.717, 1.165) is 38.4 Å². The molecular formula is C21H21NO5. The molecule has 0 amide bonds. The van der Waals surface area contributed by atoms with E-state index in [2.05, 4.69) is 4.90 Å². The highest BCUT2D eigenvalue weighted by molar-refractivity contribution is 6.14. The Morgan fingerprint density at radius 3 is 2.67 bits per heavy atom. The number of phenols is 1. The van der Waals surface area contributed by atoms with Gasteiger partial charge in [-0.2, -0.15) is 0 Å². The van der Waals surface area contributed by atoms with E-state index in [1.165, 1.54) is 0 Å². The number of Topliss-reactive ketones (excluding diaryl/α,β-unsaturated/α-hetero) is 1. The van der Waals surface area contributed by atoms with Crippen molar-refractivity contribution < 1.29 is 24.1 Å². The van der Waals surface area contributed by atoms with Gasteiger partial charge < -0.3 is 19.3 Å². The van der Waals surface area contributed by atoms with Crippen LogP contribution in [-0.2, 0) is 4.74 Å². The summed E-state index contributed by atoms with van der Waals surface area (Å²) in [5, 5.41) is 9.35. The summed E-state index contributed by atoms with van der Waals surface area (Å²) in [6.45, 7) is 4.80. The van der Waals surface area contributed by atoms with Crippen LogP contribution in [0.15, 0.2) is 48.2 Å². The molecule has 1 saturated heterocycles. The van der Waals surface area contributed by atoms with Crippen molar-refractivity contribution in [1.29, 1.82) is 0 Å². The van der Waals surface area contributed by atoms with E-state index < -0.39 is 0 Å². The van der Waals surface area contributed by atoms with E-state index in [-0.39, 0.29) is 17.3 Å². The van der Waals surface area contributed by atoms with Gasteiger partial charge in [0.25, 0.3) is 0 Å². The van der Waals surface area contributed by atoms with Crippen LogP contribution < -0.4 is 9.47 Å². The fraction of sp³-hybridized carbons (Fsp3) is 0.286. The number of phenolic OH excluding ortho intramolecular Hbond substituents is 1. The minimum atomic E-state index is -0.155. The molecule has 0 atom stereocenters. The third kappa shape index (κ3) is 4.13. The molecule has 27 heavy (non-hydrogen) atoms. The summed E-state index contributed by atoms with van der Waals surface area (Å²) in [6.07, 6.45) is 1.67. The Morgan fingerprint density at radius 2 is 1.89 bits per heavy atom. The number of ketones is 1. The number of morpholine rings is 1. The maximum Gasteiger partial charge on any atom is 0.231 e. The smallest absolute Gasteiger partial charge is 0.231 e. The van der Waals surface area contributed by atoms with Gasteiger partial charge in [0, 0.05) is 25.7 Å². The molecule has 2 aromatic carbocycles. The largest absolute Gasteiger partial charge is 0.508 e. The number of carbonyl (C=O) groups is 1. The van der Waals surface area contributed by atoms with E-state index in [1.807, 2.05) is 0 Å². The predicted octanol–water partition coefficient (Wildman–Crippen LogP) is 2.72. The molecule has 0 aliphatic carbocycles. The van der Waals surface area contributed by atoms with Crippen LogP contribution in [0.2, 0.25) is 0 Å². The normalized spacial score (nSPS) is 18.4. The van der Waals surface area contributed by atoms with E-state index in [1.54, 1.807) is 48.5 Å². The SMILES string of the molecule is O=C1/C(=C/c2ccc(O)cc2)Oc2cc(OCCN3CCOCC3)ccc21. The average molecular weight is 367 g/mol. The second-order valence-corrected chi connectivity index (χ2v) is 6.49. The van der Waals surface area contributed by atoms with Crippen molar-refractivity contribution >= 4 is 11.9 Å². The summed E-state index contributed by atoms with van der Waals surface area (Å²) in [5.41, 5.74) is 1.31. The molecule has 0 spiro atoms. The maximum absolute atomic E-state index is 12.5. The van der Waals surface area contributed by atoms with Gasteiger partial charge in [-0.1, -0.05) is 12.1 Å². The van der Waals surface area contributed by atoms with Crippen molar-refractivity contribution in [2.45, 2.75) is 0 Å².